The van der Waals surface area contributed by atoms with Crippen LogP contribution in [0.1, 0.15) is 64.0 Å². The second kappa shape index (κ2) is 5.36. The molecular weight excluding hydrogens is 248 g/mol. The number of rotatable bonds is 3. The largest absolute Gasteiger partial charge is 0.385 e. The molecule has 0 bridgehead atoms. The standard InChI is InChI=1S/C17H28N2O/c1-5-16(3,4)13-6-9-17(20,10-7-13)14-12(2)8-11-19-15(14)18/h8,11,13,20H,5-7,9-10H2,1-4H3,(H2,18,19). The van der Waals surface area contributed by atoms with Crippen LogP contribution in [0.5, 0.6) is 0 Å². The van der Waals surface area contributed by atoms with E-state index in [1.807, 2.05) is 13.0 Å². The maximum absolute atomic E-state index is 11.0. The van der Waals surface area contributed by atoms with Crippen LogP contribution < -0.4 is 5.73 Å². The Kier molecular flexibility index (Phi) is 4.10. The lowest BCUT2D eigenvalue weighted by molar-refractivity contribution is -0.0328. The van der Waals surface area contributed by atoms with E-state index in [4.69, 9.17) is 5.73 Å². The summed E-state index contributed by atoms with van der Waals surface area (Å²) >= 11 is 0. The van der Waals surface area contributed by atoms with Gasteiger partial charge < -0.3 is 10.8 Å². The van der Waals surface area contributed by atoms with Crippen LogP contribution in [0.3, 0.4) is 0 Å². The second-order valence-electron chi connectivity index (χ2n) is 7.04. The molecule has 3 N–H and O–H groups in total. The third kappa shape index (κ3) is 2.69. The Bertz CT molecular complexity index is 454. The van der Waals surface area contributed by atoms with E-state index in [2.05, 4.69) is 25.8 Å². The van der Waals surface area contributed by atoms with Crippen molar-refractivity contribution >= 4 is 5.82 Å². The summed E-state index contributed by atoms with van der Waals surface area (Å²) in [6.07, 6.45) is 6.60. The number of hydrogen-bond donors (Lipinski definition) is 2. The molecule has 0 aliphatic heterocycles. The third-order valence-corrected chi connectivity index (χ3v) is 5.48. The lowest BCUT2D eigenvalue weighted by Crippen LogP contribution is -2.37. The summed E-state index contributed by atoms with van der Waals surface area (Å²) in [5.74, 6) is 1.17. The van der Waals surface area contributed by atoms with Crippen LogP contribution in [0.2, 0.25) is 0 Å². The van der Waals surface area contributed by atoms with Crippen molar-refractivity contribution in [2.75, 3.05) is 5.73 Å². The van der Waals surface area contributed by atoms with Gasteiger partial charge in [-0.05, 0) is 55.6 Å². The van der Waals surface area contributed by atoms with Gasteiger partial charge in [-0.15, -0.1) is 0 Å². The van der Waals surface area contributed by atoms with Crippen LogP contribution in [-0.4, -0.2) is 10.1 Å². The van der Waals surface area contributed by atoms with Gasteiger partial charge in [0.25, 0.3) is 0 Å². The van der Waals surface area contributed by atoms with Gasteiger partial charge >= 0.3 is 0 Å². The minimum absolute atomic E-state index is 0.358. The number of nitrogen functional groups attached to an aromatic ring is 1. The van der Waals surface area contributed by atoms with E-state index >= 15 is 0 Å². The second-order valence-corrected chi connectivity index (χ2v) is 7.04. The first-order valence-corrected chi connectivity index (χ1v) is 7.74. The summed E-state index contributed by atoms with van der Waals surface area (Å²) in [6, 6.07) is 1.94. The molecule has 112 valence electrons. The lowest BCUT2D eigenvalue weighted by atomic mass is 9.65. The first-order valence-electron chi connectivity index (χ1n) is 7.74. The molecule has 0 spiro atoms. The van der Waals surface area contributed by atoms with Crippen molar-refractivity contribution in [3.05, 3.63) is 23.4 Å². The Balaban J connectivity index is 2.20. The molecule has 20 heavy (non-hydrogen) atoms. The van der Waals surface area contributed by atoms with Crippen molar-refractivity contribution in [3.8, 4) is 0 Å². The van der Waals surface area contributed by atoms with Gasteiger partial charge in [0.1, 0.15) is 5.82 Å². The number of nitrogens with zero attached hydrogens (tertiary/aromatic N) is 1. The van der Waals surface area contributed by atoms with E-state index in [1.165, 1.54) is 6.42 Å². The predicted molar refractivity (Wildman–Crippen MR) is 83.3 cm³/mol. The zero-order valence-corrected chi connectivity index (χ0v) is 13.2. The van der Waals surface area contributed by atoms with E-state index < -0.39 is 5.60 Å². The summed E-state index contributed by atoms with van der Waals surface area (Å²) in [4.78, 5) is 4.16. The normalized spacial score (nSPS) is 27.6. The van der Waals surface area contributed by atoms with Gasteiger partial charge in [-0.1, -0.05) is 27.2 Å². The molecule has 0 saturated heterocycles. The monoisotopic (exact) mass is 276 g/mol. The van der Waals surface area contributed by atoms with Gasteiger partial charge in [0.15, 0.2) is 0 Å². The number of aliphatic hydroxyl groups is 1. The summed E-state index contributed by atoms with van der Waals surface area (Å²) in [5, 5.41) is 11.0. The van der Waals surface area contributed by atoms with E-state index in [9.17, 15) is 5.11 Å². The maximum atomic E-state index is 11.0. The molecule has 3 nitrogen and oxygen atoms in total. The van der Waals surface area contributed by atoms with Gasteiger partial charge in [-0.25, -0.2) is 4.98 Å². The van der Waals surface area contributed by atoms with Crippen LogP contribution in [-0.2, 0) is 5.60 Å². The fourth-order valence-corrected chi connectivity index (χ4v) is 3.60. The van der Waals surface area contributed by atoms with Gasteiger partial charge in [-0.3, -0.25) is 0 Å². The average Bonchev–Trinajstić information content (AvgIpc) is 2.39. The van der Waals surface area contributed by atoms with E-state index in [0.717, 1.165) is 36.8 Å². The number of nitrogens with two attached hydrogens (primary N) is 1. The van der Waals surface area contributed by atoms with E-state index in [1.54, 1.807) is 6.20 Å². The summed E-state index contributed by atoms with van der Waals surface area (Å²) in [7, 11) is 0. The van der Waals surface area contributed by atoms with E-state index in [0.29, 0.717) is 17.2 Å². The zero-order chi connectivity index (χ0) is 15.0. The quantitative estimate of drug-likeness (QED) is 0.883. The highest BCUT2D eigenvalue weighted by Gasteiger charge is 2.41. The van der Waals surface area contributed by atoms with Gasteiger partial charge in [0, 0.05) is 11.8 Å². The molecule has 1 fully saturated rings. The highest BCUT2D eigenvalue weighted by atomic mass is 16.3. The van der Waals surface area contributed by atoms with Crippen LogP contribution in [0.4, 0.5) is 5.82 Å². The summed E-state index contributed by atoms with van der Waals surface area (Å²) in [5.41, 5.74) is 7.49. The highest BCUT2D eigenvalue weighted by molar-refractivity contribution is 5.48. The fraction of sp³-hybridized carbons (Fsp3) is 0.706. The minimum atomic E-state index is -0.789. The molecule has 1 aliphatic carbocycles. The van der Waals surface area contributed by atoms with Gasteiger partial charge in [0.2, 0.25) is 0 Å². The molecule has 0 radical (unpaired) electrons. The molecular formula is C17H28N2O. The molecule has 1 aromatic rings. The third-order valence-electron chi connectivity index (χ3n) is 5.48. The van der Waals surface area contributed by atoms with E-state index in [-0.39, 0.29) is 0 Å². The van der Waals surface area contributed by atoms with Crippen LogP contribution in [0, 0.1) is 18.3 Å². The Morgan fingerprint density at radius 2 is 2.00 bits per heavy atom. The topological polar surface area (TPSA) is 59.1 Å². The van der Waals surface area contributed by atoms with Crippen molar-refractivity contribution in [1.82, 2.24) is 4.98 Å². The highest BCUT2D eigenvalue weighted by Crippen LogP contribution is 2.48. The number of anilines is 1. The Labute approximate surface area is 122 Å². The SMILES string of the molecule is CCC(C)(C)C1CCC(O)(c2c(C)ccnc2N)CC1. The lowest BCUT2D eigenvalue weighted by Gasteiger charge is -2.43. The maximum Gasteiger partial charge on any atom is 0.129 e. The molecule has 3 heteroatoms. The average molecular weight is 276 g/mol. The Morgan fingerprint density at radius 3 is 2.50 bits per heavy atom. The summed E-state index contributed by atoms with van der Waals surface area (Å²) in [6.45, 7) is 8.94. The van der Waals surface area contributed by atoms with Crippen LogP contribution in [0.25, 0.3) is 0 Å². The van der Waals surface area contributed by atoms with Gasteiger partial charge in [0.05, 0.1) is 5.60 Å². The molecule has 1 heterocycles. The number of aryl methyl sites for hydroxylation is 1. The molecule has 0 amide bonds. The van der Waals surface area contributed by atoms with Crippen molar-refractivity contribution in [2.24, 2.45) is 11.3 Å². The number of pyridine rings is 1. The molecule has 0 unspecified atom stereocenters. The fourth-order valence-electron chi connectivity index (χ4n) is 3.60. The van der Waals surface area contributed by atoms with Crippen molar-refractivity contribution in [3.63, 3.8) is 0 Å². The molecule has 0 aromatic carbocycles. The van der Waals surface area contributed by atoms with Crippen LogP contribution >= 0.6 is 0 Å². The number of aromatic nitrogens is 1. The first kappa shape index (κ1) is 15.3. The predicted octanol–water partition coefficient (Wildman–Crippen LogP) is 3.79. The zero-order valence-electron chi connectivity index (χ0n) is 13.2. The van der Waals surface area contributed by atoms with Crippen LogP contribution in [0.15, 0.2) is 12.3 Å². The summed E-state index contributed by atoms with van der Waals surface area (Å²) < 4.78 is 0. The van der Waals surface area contributed by atoms with Gasteiger partial charge in [-0.2, -0.15) is 0 Å². The molecule has 0 atom stereocenters. The smallest absolute Gasteiger partial charge is 0.129 e. The number of hydrogen-bond acceptors (Lipinski definition) is 3. The van der Waals surface area contributed by atoms with Crippen molar-refractivity contribution < 1.29 is 5.11 Å². The first-order chi connectivity index (χ1) is 9.30. The van der Waals surface area contributed by atoms with Crippen molar-refractivity contribution in [2.45, 2.75) is 65.4 Å². The minimum Gasteiger partial charge on any atom is -0.385 e. The molecule has 2 rings (SSSR count). The van der Waals surface area contributed by atoms with Crippen molar-refractivity contribution in [1.29, 1.82) is 0 Å². The Morgan fingerprint density at radius 1 is 1.40 bits per heavy atom. The molecule has 1 saturated carbocycles. The Hall–Kier alpha value is -1.09. The molecule has 1 aromatic heterocycles. The molecule has 1 aliphatic rings.